The van der Waals surface area contributed by atoms with Crippen molar-refractivity contribution >= 4 is 11.6 Å². The third-order valence-corrected chi connectivity index (χ3v) is 4.27. The molecule has 0 aliphatic carbocycles. The Labute approximate surface area is 155 Å². The van der Waals surface area contributed by atoms with Crippen LogP contribution in [0.4, 0.5) is 0 Å². The SMILES string of the molecule is CCC(=O)C(CCCCOc1cc(OC)c(OC)c(OC)c1)C(=O)CC. The van der Waals surface area contributed by atoms with E-state index in [9.17, 15) is 9.59 Å². The van der Waals surface area contributed by atoms with Gasteiger partial charge in [-0.05, 0) is 19.3 Å². The van der Waals surface area contributed by atoms with E-state index >= 15 is 0 Å². The Balaban J connectivity index is 2.57. The molecule has 0 atom stereocenters. The lowest BCUT2D eigenvalue weighted by Crippen LogP contribution is -2.23. The second-order valence-corrected chi connectivity index (χ2v) is 5.90. The van der Waals surface area contributed by atoms with Gasteiger partial charge >= 0.3 is 0 Å². The Bertz CT molecular complexity index is 555. The Morgan fingerprint density at radius 1 is 0.885 bits per heavy atom. The van der Waals surface area contributed by atoms with E-state index in [1.165, 1.54) is 0 Å². The lowest BCUT2D eigenvalue weighted by atomic mass is 9.90. The lowest BCUT2D eigenvalue weighted by molar-refractivity contribution is -0.132. The third kappa shape index (κ3) is 5.93. The Morgan fingerprint density at radius 2 is 1.42 bits per heavy atom. The number of Topliss-reactive ketones (excluding diaryl/α,β-unsaturated/α-hetero) is 2. The van der Waals surface area contributed by atoms with Crippen LogP contribution in [0.5, 0.6) is 23.0 Å². The number of unbranched alkanes of at least 4 members (excludes halogenated alkanes) is 1. The highest BCUT2D eigenvalue weighted by atomic mass is 16.5. The minimum Gasteiger partial charge on any atom is -0.493 e. The number of benzene rings is 1. The number of carbonyl (C=O) groups is 2. The van der Waals surface area contributed by atoms with Gasteiger partial charge in [0.25, 0.3) is 0 Å². The van der Waals surface area contributed by atoms with Crippen LogP contribution in [0.25, 0.3) is 0 Å². The van der Waals surface area contributed by atoms with Gasteiger partial charge in [-0.1, -0.05) is 13.8 Å². The molecule has 0 N–H and O–H groups in total. The highest BCUT2D eigenvalue weighted by Crippen LogP contribution is 2.40. The molecule has 1 aromatic carbocycles. The van der Waals surface area contributed by atoms with Gasteiger partial charge in [-0.2, -0.15) is 0 Å². The van der Waals surface area contributed by atoms with Gasteiger partial charge in [-0.15, -0.1) is 0 Å². The Morgan fingerprint density at radius 3 is 1.85 bits per heavy atom. The fourth-order valence-electron chi connectivity index (χ4n) is 2.78. The molecule has 0 aromatic heterocycles. The molecule has 0 fully saturated rings. The molecule has 0 bridgehead atoms. The number of ether oxygens (including phenoxy) is 4. The van der Waals surface area contributed by atoms with Gasteiger partial charge in [0.1, 0.15) is 17.3 Å². The molecule has 1 rings (SSSR count). The first kappa shape index (κ1) is 21.8. The van der Waals surface area contributed by atoms with Crippen LogP contribution in [-0.4, -0.2) is 39.5 Å². The normalized spacial score (nSPS) is 10.5. The summed E-state index contributed by atoms with van der Waals surface area (Å²) in [7, 11) is 4.65. The first-order valence-corrected chi connectivity index (χ1v) is 9.00. The van der Waals surface area contributed by atoms with Crippen molar-refractivity contribution < 1.29 is 28.5 Å². The summed E-state index contributed by atoms with van der Waals surface area (Å²) in [4.78, 5) is 23.8. The summed E-state index contributed by atoms with van der Waals surface area (Å²) in [6.45, 7) is 4.07. The summed E-state index contributed by atoms with van der Waals surface area (Å²) in [5, 5.41) is 0. The number of hydrogen-bond acceptors (Lipinski definition) is 6. The van der Waals surface area contributed by atoms with Crippen molar-refractivity contribution in [1.82, 2.24) is 0 Å². The molecule has 0 saturated carbocycles. The fourth-order valence-corrected chi connectivity index (χ4v) is 2.78. The topological polar surface area (TPSA) is 71.1 Å². The maximum absolute atomic E-state index is 11.9. The van der Waals surface area contributed by atoms with Gasteiger partial charge in [-0.25, -0.2) is 0 Å². The largest absolute Gasteiger partial charge is 0.493 e. The molecular formula is C20H30O6. The van der Waals surface area contributed by atoms with Crippen LogP contribution < -0.4 is 18.9 Å². The maximum Gasteiger partial charge on any atom is 0.203 e. The third-order valence-electron chi connectivity index (χ3n) is 4.27. The van der Waals surface area contributed by atoms with Crippen LogP contribution in [0, 0.1) is 5.92 Å². The highest BCUT2D eigenvalue weighted by molar-refractivity contribution is 6.02. The molecule has 1 aromatic rings. The van der Waals surface area contributed by atoms with Crippen LogP contribution in [0.3, 0.4) is 0 Å². The van der Waals surface area contributed by atoms with Gasteiger partial charge < -0.3 is 18.9 Å². The second-order valence-electron chi connectivity index (χ2n) is 5.90. The number of rotatable bonds is 13. The fraction of sp³-hybridized carbons (Fsp3) is 0.600. The van der Waals surface area contributed by atoms with E-state index < -0.39 is 5.92 Å². The summed E-state index contributed by atoms with van der Waals surface area (Å²) in [6, 6.07) is 3.48. The summed E-state index contributed by atoms with van der Waals surface area (Å²) >= 11 is 0. The predicted octanol–water partition coefficient (Wildman–Crippen LogP) is 3.84. The van der Waals surface area contributed by atoms with Gasteiger partial charge in [0.15, 0.2) is 11.5 Å². The van der Waals surface area contributed by atoms with Crippen molar-refractivity contribution in [1.29, 1.82) is 0 Å². The zero-order chi connectivity index (χ0) is 19.5. The average Bonchev–Trinajstić information content (AvgIpc) is 2.68. The molecule has 0 heterocycles. The molecule has 0 aliphatic rings. The predicted molar refractivity (Wildman–Crippen MR) is 99.5 cm³/mol. The lowest BCUT2D eigenvalue weighted by Gasteiger charge is -2.15. The van der Waals surface area contributed by atoms with Gasteiger partial charge in [0.05, 0.1) is 33.9 Å². The first-order chi connectivity index (χ1) is 12.5. The minimum absolute atomic E-state index is 0.0300. The van der Waals surface area contributed by atoms with Crippen molar-refractivity contribution in [2.45, 2.75) is 46.0 Å². The van der Waals surface area contributed by atoms with E-state index in [2.05, 4.69) is 0 Å². The molecule has 0 amide bonds. The maximum atomic E-state index is 11.9. The first-order valence-electron chi connectivity index (χ1n) is 9.00. The molecule has 26 heavy (non-hydrogen) atoms. The summed E-state index contributed by atoms with van der Waals surface area (Å²) in [6.07, 6.45) is 2.89. The molecular weight excluding hydrogens is 336 g/mol. The molecule has 6 heteroatoms. The summed E-state index contributed by atoms with van der Waals surface area (Å²) in [5.74, 6) is 1.79. The van der Waals surface area contributed by atoms with E-state index in [4.69, 9.17) is 18.9 Å². The second kappa shape index (κ2) is 11.4. The molecule has 6 nitrogen and oxygen atoms in total. The van der Waals surface area contributed by atoms with Crippen LogP contribution in [0.15, 0.2) is 12.1 Å². The number of methoxy groups -OCH3 is 3. The average molecular weight is 366 g/mol. The number of hydrogen-bond donors (Lipinski definition) is 0. The van der Waals surface area contributed by atoms with Crippen LogP contribution in [-0.2, 0) is 9.59 Å². The van der Waals surface area contributed by atoms with Crippen LogP contribution >= 0.6 is 0 Å². The molecule has 0 aliphatic heterocycles. The van der Waals surface area contributed by atoms with Gasteiger partial charge in [0.2, 0.25) is 5.75 Å². The van der Waals surface area contributed by atoms with Crippen LogP contribution in [0.1, 0.15) is 46.0 Å². The smallest absolute Gasteiger partial charge is 0.203 e. The van der Waals surface area contributed by atoms with Crippen molar-refractivity contribution in [2.75, 3.05) is 27.9 Å². The van der Waals surface area contributed by atoms with Gasteiger partial charge in [-0.3, -0.25) is 9.59 Å². The standard InChI is InChI=1S/C20H30O6/c1-6-16(21)15(17(22)7-2)10-8-9-11-26-14-12-18(23-3)20(25-5)19(13-14)24-4/h12-13,15H,6-11H2,1-5H3. The van der Waals surface area contributed by atoms with Gasteiger partial charge in [0, 0.05) is 25.0 Å². The number of ketones is 2. The number of carbonyl (C=O) groups excluding carboxylic acids is 2. The Kier molecular flexibility index (Phi) is 9.55. The summed E-state index contributed by atoms with van der Waals surface area (Å²) < 4.78 is 21.6. The van der Waals surface area contributed by atoms with Crippen LogP contribution in [0.2, 0.25) is 0 Å². The molecule has 0 spiro atoms. The van der Waals surface area contributed by atoms with E-state index in [0.29, 0.717) is 48.9 Å². The van der Waals surface area contributed by atoms with E-state index in [-0.39, 0.29) is 11.6 Å². The monoisotopic (exact) mass is 366 g/mol. The molecule has 0 radical (unpaired) electrons. The molecule has 146 valence electrons. The quantitative estimate of drug-likeness (QED) is 0.390. The molecule has 0 saturated heterocycles. The van der Waals surface area contributed by atoms with Crippen molar-refractivity contribution in [3.05, 3.63) is 12.1 Å². The molecule has 0 unspecified atom stereocenters. The Hall–Kier alpha value is -2.24. The van der Waals surface area contributed by atoms with Crippen molar-refractivity contribution in [3.8, 4) is 23.0 Å². The van der Waals surface area contributed by atoms with Crippen molar-refractivity contribution in [2.24, 2.45) is 5.92 Å². The van der Waals surface area contributed by atoms with E-state index in [1.807, 2.05) is 0 Å². The highest BCUT2D eigenvalue weighted by Gasteiger charge is 2.22. The zero-order valence-electron chi connectivity index (χ0n) is 16.4. The van der Waals surface area contributed by atoms with E-state index in [0.717, 1.165) is 12.8 Å². The zero-order valence-corrected chi connectivity index (χ0v) is 16.4. The van der Waals surface area contributed by atoms with E-state index in [1.54, 1.807) is 47.3 Å². The minimum atomic E-state index is -0.467. The summed E-state index contributed by atoms with van der Waals surface area (Å²) in [5.41, 5.74) is 0. The van der Waals surface area contributed by atoms with Crippen molar-refractivity contribution in [3.63, 3.8) is 0 Å².